The minimum atomic E-state index is -0.323. The van der Waals surface area contributed by atoms with Crippen molar-refractivity contribution in [3.63, 3.8) is 0 Å². The first-order valence-electron chi connectivity index (χ1n) is 15.0. The number of aromatic amines is 1. The highest BCUT2D eigenvalue weighted by Gasteiger charge is 2.28. The molecule has 4 aromatic heterocycles. The maximum absolute atomic E-state index is 13.0. The maximum Gasteiger partial charge on any atom is 0.293 e. The number of rotatable bonds is 5. The van der Waals surface area contributed by atoms with Gasteiger partial charge in [-0.15, -0.1) is 0 Å². The lowest BCUT2D eigenvalue weighted by molar-refractivity contribution is 0.0657. The number of carbonyl (C=O) groups is 1. The third kappa shape index (κ3) is 5.11. The number of hydrogen-bond donors (Lipinski definition) is 2. The Morgan fingerprint density at radius 3 is 2.72 bits per heavy atom. The van der Waals surface area contributed by atoms with Crippen molar-refractivity contribution in [1.82, 2.24) is 40.2 Å². The quantitative estimate of drug-likeness (QED) is 0.273. The fourth-order valence-electron chi connectivity index (χ4n) is 6.20. The Balaban J connectivity index is 1.16. The molecular formula is C32H36N8O3. The van der Waals surface area contributed by atoms with Crippen LogP contribution in [0.3, 0.4) is 0 Å². The second-order valence-electron chi connectivity index (χ2n) is 12.6. The van der Waals surface area contributed by atoms with Crippen LogP contribution in [0.25, 0.3) is 33.7 Å². The zero-order valence-corrected chi connectivity index (χ0v) is 25.0. The SMILES string of the molecule is Cc1c(-c2nc3c(-c4ccc5c(c4)CCC[C@@H]5NC(=O)c4noc(C(C)(C)C)n4)ccnc3[nH]2)cnn1C1CCOCC1. The summed E-state index contributed by atoms with van der Waals surface area (Å²) in [6.07, 6.45) is 8.40. The monoisotopic (exact) mass is 580 g/mol. The van der Waals surface area contributed by atoms with Crippen LogP contribution in [-0.2, 0) is 16.6 Å². The van der Waals surface area contributed by atoms with E-state index in [4.69, 9.17) is 19.3 Å². The predicted molar refractivity (Wildman–Crippen MR) is 161 cm³/mol. The Kier molecular flexibility index (Phi) is 6.84. The van der Waals surface area contributed by atoms with Crippen LogP contribution in [0.5, 0.6) is 0 Å². The second-order valence-corrected chi connectivity index (χ2v) is 12.6. The summed E-state index contributed by atoms with van der Waals surface area (Å²) in [4.78, 5) is 30.4. The number of carbonyl (C=O) groups excluding carboxylic acids is 1. The first-order valence-corrected chi connectivity index (χ1v) is 15.0. The lowest BCUT2D eigenvalue weighted by Gasteiger charge is -2.26. The van der Waals surface area contributed by atoms with E-state index < -0.39 is 0 Å². The molecule has 1 aliphatic carbocycles. The molecule has 5 heterocycles. The van der Waals surface area contributed by atoms with Gasteiger partial charge in [0.1, 0.15) is 11.3 Å². The number of amides is 1. The summed E-state index contributed by atoms with van der Waals surface area (Å²) in [5, 5.41) is 11.8. The standard InChI is InChI=1S/C32H36N8O3/c1-18-24(17-34-40(18)21-11-14-42-15-12-21)27-36-26-23(10-13-33-28(26)37-27)20-8-9-22-19(16-20)6-5-7-25(22)35-30(41)29-38-31(43-39-29)32(2,3)4/h8-10,13,16-17,21,25H,5-7,11-12,14-15H2,1-4H3,(H,35,41)(H,33,36,37)/t25-/m0/s1. The van der Waals surface area contributed by atoms with Crippen molar-refractivity contribution in [2.75, 3.05) is 13.2 Å². The molecule has 5 aromatic rings. The molecule has 0 radical (unpaired) electrons. The summed E-state index contributed by atoms with van der Waals surface area (Å²) in [6.45, 7) is 9.55. The van der Waals surface area contributed by atoms with Crippen LogP contribution < -0.4 is 5.32 Å². The molecule has 1 saturated heterocycles. The predicted octanol–water partition coefficient (Wildman–Crippen LogP) is 5.64. The van der Waals surface area contributed by atoms with E-state index in [2.05, 4.69) is 55.2 Å². The molecule has 1 fully saturated rings. The minimum Gasteiger partial charge on any atom is -0.381 e. The van der Waals surface area contributed by atoms with Gasteiger partial charge in [-0.2, -0.15) is 10.1 Å². The van der Waals surface area contributed by atoms with Gasteiger partial charge in [-0.1, -0.05) is 44.1 Å². The van der Waals surface area contributed by atoms with Crippen LogP contribution in [0, 0.1) is 6.92 Å². The van der Waals surface area contributed by atoms with Crippen molar-refractivity contribution >= 4 is 17.1 Å². The Hall–Kier alpha value is -4.38. The number of ether oxygens (including phenoxy) is 1. The number of benzene rings is 1. The van der Waals surface area contributed by atoms with Crippen molar-refractivity contribution in [3.8, 4) is 22.5 Å². The van der Waals surface area contributed by atoms with Crippen LogP contribution >= 0.6 is 0 Å². The van der Waals surface area contributed by atoms with E-state index in [1.54, 1.807) is 0 Å². The molecule has 11 heteroatoms. The van der Waals surface area contributed by atoms with Crippen LogP contribution in [0.15, 0.2) is 41.2 Å². The van der Waals surface area contributed by atoms with Crippen molar-refractivity contribution in [2.24, 2.45) is 0 Å². The number of imidazole rings is 1. The molecule has 0 bridgehead atoms. The van der Waals surface area contributed by atoms with E-state index in [1.807, 2.05) is 39.2 Å². The molecule has 2 aliphatic rings. The van der Waals surface area contributed by atoms with Crippen LogP contribution in [0.1, 0.15) is 91.9 Å². The lowest BCUT2D eigenvalue weighted by Crippen LogP contribution is -2.31. The molecule has 7 rings (SSSR count). The first-order chi connectivity index (χ1) is 20.8. The Morgan fingerprint density at radius 1 is 1.09 bits per heavy atom. The Morgan fingerprint density at radius 2 is 1.93 bits per heavy atom. The molecule has 1 aliphatic heterocycles. The fourth-order valence-corrected chi connectivity index (χ4v) is 6.20. The largest absolute Gasteiger partial charge is 0.381 e. The van der Waals surface area contributed by atoms with Crippen LogP contribution in [-0.4, -0.2) is 54.0 Å². The maximum atomic E-state index is 13.0. The van der Waals surface area contributed by atoms with E-state index in [-0.39, 0.29) is 23.2 Å². The van der Waals surface area contributed by atoms with Gasteiger partial charge in [0.2, 0.25) is 5.89 Å². The van der Waals surface area contributed by atoms with Gasteiger partial charge in [-0.3, -0.25) is 9.48 Å². The highest BCUT2D eigenvalue weighted by Crippen LogP contribution is 2.36. The molecular weight excluding hydrogens is 544 g/mol. The zero-order chi connectivity index (χ0) is 29.7. The molecule has 0 saturated carbocycles. The van der Waals surface area contributed by atoms with Crippen molar-refractivity contribution in [2.45, 2.75) is 77.3 Å². The van der Waals surface area contributed by atoms with E-state index in [9.17, 15) is 4.79 Å². The average molecular weight is 581 g/mol. The van der Waals surface area contributed by atoms with Crippen LogP contribution in [0.4, 0.5) is 0 Å². The highest BCUT2D eigenvalue weighted by atomic mass is 16.5. The molecule has 1 amide bonds. The van der Waals surface area contributed by atoms with Gasteiger partial charge in [0.25, 0.3) is 11.7 Å². The lowest BCUT2D eigenvalue weighted by atomic mass is 9.85. The number of nitrogens with one attached hydrogen (secondary N) is 2. The molecule has 11 nitrogen and oxygen atoms in total. The third-order valence-corrected chi connectivity index (χ3v) is 8.57. The summed E-state index contributed by atoms with van der Waals surface area (Å²) in [7, 11) is 0. The topological polar surface area (TPSA) is 137 Å². The van der Waals surface area contributed by atoms with Gasteiger partial charge >= 0.3 is 0 Å². The van der Waals surface area contributed by atoms with Crippen molar-refractivity contribution in [3.05, 3.63) is 65.2 Å². The number of H-pyrrole nitrogens is 1. The highest BCUT2D eigenvalue weighted by molar-refractivity contribution is 5.92. The summed E-state index contributed by atoms with van der Waals surface area (Å²) >= 11 is 0. The van der Waals surface area contributed by atoms with Gasteiger partial charge in [-0.05, 0) is 61.8 Å². The number of aryl methyl sites for hydroxylation is 1. The van der Waals surface area contributed by atoms with Crippen molar-refractivity contribution in [1.29, 1.82) is 0 Å². The summed E-state index contributed by atoms with van der Waals surface area (Å²) in [5.41, 5.74) is 7.72. The number of pyridine rings is 1. The fraction of sp³-hybridized carbons (Fsp3) is 0.438. The summed E-state index contributed by atoms with van der Waals surface area (Å²) < 4.78 is 13.0. The molecule has 1 atom stereocenters. The van der Waals surface area contributed by atoms with E-state index >= 15 is 0 Å². The minimum absolute atomic E-state index is 0.0655. The number of fused-ring (bicyclic) bond motifs is 2. The normalized spacial score (nSPS) is 17.7. The smallest absolute Gasteiger partial charge is 0.293 e. The van der Waals surface area contributed by atoms with Gasteiger partial charge < -0.3 is 19.6 Å². The van der Waals surface area contributed by atoms with Gasteiger partial charge in [0.05, 0.1) is 23.8 Å². The summed E-state index contributed by atoms with van der Waals surface area (Å²) in [6, 6.07) is 8.68. The third-order valence-electron chi connectivity index (χ3n) is 8.57. The van der Waals surface area contributed by atoms with E-state index in [1.165, 1.54) is 5.56 Å². The molecule has 1 aromatic carbocycles. The molecule has 43 heavy (non-hydrogen) atoms. The molecule has 2 N–H and O–H groups in total. The van der Waals surface area contributed by atoms with E-state index in [0.717, 1.165) is 90.3 Å². The Labute approximate surface area is 249 Å². The summed E-state index contributed by atoms with van der Waals surface area (Å²) in [5.74, 6) is 0.953. The van der Waals surface area contributed by atoms with E-state index in [0.29, 0.717) is 11.9 Å². The molecule has 0 unspecified atom stereocenters. The van der Waals surface area contributed by atoms with Crippen LogP contribution in [0.2, 0.25) is 0 Å². The number of aromatic nitrogens is 7. The first kappa shape index (κ1) is 27.5. The number of hydrogen-bond acceptors (Lipinski definition) is 8. The second kappa shape index (κ2) is 10.7. The molecule has 0 spiro atoms. The Bertz CT molecular complexity index is 1800. The van der Waals surface area contributed by atoms with Gasteiger partial charge in [-0.25, -0.2) is 9.97 Å². The zero-order valence-electron chi connectivity index (χ0n) is 25.0. The average Bonchev–Trinajstić information content (AvgIpc) is 3.75. The molecule has 222 valence electrons. The van der Waals surface area contributed by atoms with Crippen molar-refractivity contribution < 1.29 is 14.1 Å². The van der Waals surface area contributed by atoms with Gasteiger partial charge in [0.15, 0.2) is 5.65 Å². The number of nitrogens with zero attached hydrogens (tertiary/aromatic N) is 6. The van der Waals surface area contributed by atoms with Gasteiger partial charge in [0, 0.05) is 36.1 Å².